The second-order valence-electron chi connectivity index (χ2n) is 8.81. The van der Waals surface area contributed by atoms with Gasteiger partial charge in [0.05, 0.1) is 0 Å². The van der Waals surface area contributed by atoms with Crippen molar-refractivity contribution in [3.8, 4) is 0 Å². The fourth-order valence-electron chi connectivity index (χ4n) is 5.28. The minimum absolute atomic E-state index is 0.316. The standard InChI is InChI=1S/C21H30N6O2S2/c28-31(29,20-3-1-12-30-20)24-14-19-13-17-4-7-27(19)16-18(17)15-25-8-10-26(11-9-25)21-22-5-2-6-23-21/h1-3,5-6,12,17-19,24H,4,7-11,13-16H2. The molecule has 31 heavy (non-hydrogen) atoms. The second kappa shape index (κ2) is 9.11. The first kappa shape index (κ1) is 21.3. The van der Waals surface area contributed by atoms with Crippen molar-refractivity contribution in [3.63, 3.8) is 0 Å². The normalized spacial score (nSPS) is 29.4. The molecule has 8 nitrogen and oxygen atoms in total. The Morgan fingerprint density at radius 2 is 1.90 bits per heavy atom. The third-order valence-electron chi connectivity index (χ3n) is 6.98. The number of hydrogen-bond acceptors (Lipinski definition) is 8. The molecule has 0 aromatic carbocycles. The van der Waals surface area contributed by atoms with Crippen LogP contribution in [0.15, 0.2) is 40.2 Å². The molecule has 4 aliphatic rings. The van der Waals surface area contributed by atoms with Crippen molar-refractivity contribution in [1.29, 1.82) is 0 Å². The maximum atomic E-state index is 12.5. The van der Waals surface area contributed by atoms with Crippen LogP contribution >= 0.6 is 11.3 Å². The number of nitrogens with one attached hydrogen (secondary N) is 1. The van der Waals surface area contributed by atoms with E-state index in [1.165, 1.54) is 17.8 Å². The monoisotopic (exact) mass is 462 g/mol. The van der Waals surface area contributed by atoms with Crippen molar-refractivity contribution >= 4 is 27.3 Å². The maximum absolute atomic E-state index is 12.5. The Morgan fingerprint density at radius 1 is 1.10 bits per heavy atom. The summed E-state index contributed by atoms with van der Waals surface area (Å²) in [6.07, 6.45) is 5.93. The lowest BCUT2D eigenvalue weighted by molar-refractivity contribution is -0.0108. The van der Waals surface area contributed by atoms with Crippen LogP contribution in [0.2, 0.25) is 0 Å². The smallest absolute Gasteiger partial charge is 0.250 e. The van der Waals surface area contributed by atoms with Crippen molar-refractivity contribution in [2.75, 3.05) is 57.3 Å². The Balaban J connectivity index is 1.11. The molecule has 6 heterocycles. The van der Waals surface area contributed by atoms with Gasteiger partial charge in [0.25, 0.3) is 0 Å². The van der Waals surface area contributed by atoms with Crippen LogP contribution in [0.25, 0.3) is 0 Å². The molecular formula is C21H30N6O2S2. The molecule has 2 aromatic rings. The summed E-state index contributed by atoms with van der Waals surface area (Å²) in [7, 11) is -3.38. The Labute approximate surface area is 188 Å². The molecule has 4 fully saturated rings. The predicted molar refractivity (Wildman–Crippen MR) is 122 cm³/mol. The molecular weight excluding hydrogens is 432 g/mol. The topological polar surface area (TPSA) is 81.7 Å². The van der Waals surface area contributed by atoms with E-state index in [2.05, 4.69) is 29.4 Å². The van der Waals surface area contributed by atoms with Crippen molar-refractivity contribution in [1.82, 2.24) is 24.5 Å². The molecule has 2 bridgehead atoms. The summed E-state index contributed by atoms with van der Waals surface area (Å²) in [5, 5.41) is 1.80. The zero-order valence-corrected chi connectivity index (χ0v) is 19.3. The molecule has 4 atom stereocenters. The van der Waals surface area contributed by atoms with Crippen LogP contribution in [-0.4, -0.2) is 86.6 Å². The van der Waals surface area contributed by atoms with Gasteiger partial charge in [-0.15, -0.1) is 11.3 Å². The number of aromatic nitrogens is 2. The lowest BCUT2D eigenvalue weighted by atomic mass is 9.75. The van der Waals surface area contributed by atoms with E-state index in [9.17, 15) is 8.42 Å². The highest BCUT2D eigenvalue weighted by atomic mass is 32.2. The fraction of sp³-hybridized carbons (Fsp3) is 0.619. The number of hydrogen-bond donors (Lipinski definition) is 1. The molecule has 0 aliphatic carbocycles. The number of rotatable bonds is 7. The first-order valence-electron chi connectivity index (χ1n) is 11.1. The summed E-state index contributed by atoms with van der Waals surface area (Å²) in [4.78, 5) is 16.1. The number of sulfonamides is 1. The zero-order valence-electron chi connectivity index (χ0n) is 17.6. The summed E-state index contributed by atoms with van der Waals surface area (Å²) in [5.41, 5.74) is 0. The first-order chi connectivity index (χ1) is 15.1. The molecule has 0 amide bonds. The van der Waals surface area contributed by atoms with Gasteiger partial charge in [-0.2, -0.15) is 0 Å². The highest BCUT2D eigenvalue weighted by Gasteiger charge is 2.41. The van der Waals surface area contributed by atoms with Gasteiger partial charge in [-0.1, -0.05) is 6.07 Å². The Morgan fingerprint density at radius 3 is 2.58 bits per heavy atom. The summed E-state index contributed by atoms with van der Waals surface area (Å²) >= 11 is 1.27. The van der Waals surface area contributed by atoms with Crippen LogP contribution in [0.3, 0.4) is 0 Å². The molecule has 168 valence electrons. The van der Waals surface area contributed by atoms with E-state index in [0.29, 0.717) is 28.6 Å². The highest BCUT2D eigenvalue weighted by Crippen LogP contribution is 2.36. The van der Waals surface area contributed by atoms with E-state index >= 15 is 0 Å². The number of fused-ring (bicyclic) bond motifs is 3. The number of piperidine rings is 3. The van der Waals surface area contributed by atoms with Crippen LogP contribution in [0, 0.1) is 11.8 Å². The third kappa shape index (κ3) is 4.78. The number of nitrogens with zero attached hydrogens (tertiary/aromatic N) is 5. The van der Waals surface area contributed by atoms with E-state index in [-0.39, 0.29) is 0 Å². The summed E-state index contributed by atoms with van der Waals surface area (Å²) in [6.45, 7) is 7.86. The van der Waals surface area contributed by atoms with Crippen molar-refractivity contribution < 1.29 is 8.42 Å². The number of piperazine rings is 1. The molecule has 4 aliphatic heterocycles. The molecule has 10 heteroatoms. The summed E-state index contributed by atoms with van der Waals surface area (Å²) in [5.74, 6) is 2.20. The Bertz CT molecular complexity index is 948. The molecule has 0 radical (unpaired) electrons. The largest absolute Gasteiger partial charge is 0.338 e. The van der Waals surface area contributed by atoms with Crippen molar-refractivity contribution in [2.24, 2.45) is 11.8 Å². The Hall–Kier alpha value is -1.59. The van der Waals surface area contributed by atoms with Gasteiger partial charge >= 0.3 is 0 Å². The second-order valence-corrected chi connectivity index (χ2v) is 11.8. The minimum atomic E-state index is -3.38. The van der Waals surface area contributed by atoms with Crippen molar-refractivity contribution in [3.05, 3.63) is 36.0 Å². The molecule has 0 spiro atoms. The van der Waals surface area contributed by atoms with E-state index in [4.69, 9.17) is 0 Å². The van der Waals surface area contributed by atoms with Gasteiger partial charge < -0.3 is 4.90 Å². The lowest BCUT2D eigenvalue weighted by Crippen LogP contribution is -2.59. The van der Waals surface area contributed by atoms with E-state index in [1.807, 2.05) is 6.07 Å². The first-order valence-corrected chi connectivity index (χ1v) is 13.5. The zero-order chi connectivity index (χ0) is 21.3. The molecule has 4 unspecified atom stereocenters. The lowest BCUT2D eigenvalue weighted by Gasteiger charge is -2.51. The predicted octanol–water partition coefficient (Wildman–Crippen LogP) is 1.35. The molecule has 1 N–H and O–H groups in total. The van der Waals surface area contributed by atoms with Gasteiger partial charge in [0, 0.05) is 64.2 Å². The molecule has 6 rings (SSSR count). The highest BCUT2D eigenvalue weighted by molar-refractivity contribution is 7.91. The third-order valence-corrected chi connectivity index (χ3v) is 9.80. The summed E-state index contributed by atoms with van der Waals surface area (Å²) in [6, 6.07) is 5.62. The minimum Gasteiger partial charge on any atom is -0.338 e. The van der Waals surface area contributed by atoms with Gasteiger partial charge in [-0.3, -0.25) is 9.80 Å². The van der Waals surface area contributed by atoms with E-state index < -0.39 is 10.0 Å². The van der Waals surface area contributed by atoms with Gasteiger partial charge in [0.15, 0.2) is 0 Å². The quantitative estimate of drug-likeness (QED) is 0.665. The van der Waals surface area contributed by atoms with Gasteiger partial charge in [0.2, 0.25) is 16.0 Å². The van der Waals surface area contributed by atoms with Crippen molar-refractivity contribution in [2.45, 2.75) is 23.1 Å². The van der Waals surface area contributed by atoms with Crippen LogP contribution in [-0.2, 0) is 10.0 Å². The number of thiophene rings is 1. The van der Waals surface area contributed by atoms with Crippen LogP contribution in [0.1, 0.15) is 12.8 Å². The van der Waals surface area contributed by atoms with E-state index in [0.717, 1.165) is 58.2 Å². The van der Waals surface area contributed by atoms with Crippen LogP contribution < -0.4 is 9.62 Å². The molecule has 0 saturated carbocycles. The average Bonchev–Trinajstić information content (AvgIpc) is 3.36. The Kier molecular flexibility index (Phi) is 6.25. The molecule has 4 saturated heterocycles. The van der Waals surface area contributed by atoms with E-state index in [1.54, 1.807) is 29.9 Å². The molecule has 2 aromatic heterocycles. The average molecular weight is 463 g/mol. The summed E-state index contributed by atoms with van der Waals surface area (Å²) < 4.78 is 28.2. The number of anilines is 1. The van der Waals surface area contributed by atoms with Crippen LogP contribution in [0.4, 0.5) is 5.95 Å². The maximum Gasteiger partial charge on any atom is 0.250 e. The van der Waals surface area contributed by atoms with Gasteiger partial charge in [0.1, 0.15) is 4.21 Å². The van der Waals surface area contributed by atoms with Crippen LogP contribution in [0.5, 0.6) is 0 Å². The fourth-order valence-corrected chi connectivity index (χ4v) is 7.39. The van der Waals surface area contributed by atoms with Gasteiger partial charge in [-0.25, -0.2) is 23.1 Å². The SMILES string of the molecule is O=S(=O)(NCC1CC2CCN1CC2CN1CCN(c2ncccn2)CC1)c1cccs1. The van der Waals surface area contributed by atoms with Gasteiger partial charge in [-0.05, 0) is 48.7 Å².